The molecule has 0 radical (unpaired) electrons. The van der Waals surface area contributed by atoms with Crippen molar-refractivity contribution in [1.82, 2.24) is 17.5 Å². The first-order valence-corrected chi connectivity index (χ1v) is 12.6. The van der Waals surface area contributed by atoms with Gasteiger partial charge in [-0.05, 0) is 47.6 Å². The predicted octanol–water partition coefficient (Wildman–Crippen LogP) is 7.91. The van der Waals surface area contributed by atoms with Gasteiger partial charge in [0.25, 0.3) is 0 Å². The van der Waals surface area contributed by atoms with Crippen molar-refractivity contribution in [3.63, 3.8) is 0 Å². The molecule has 0 fully saturated rings. The maximum Gasteiger partial charge on any atom is 0.164 e. The summed E-state index contributed by atoms with van der Waals surface area (Å²) in [5.74, 6) is -1.30. The zero-order valence-corrected chi connectivity index (χ0v) is 20.9. The summed E-state index contributed by atoms with van der Waals surface area (Å²) >= 11 is 2.25. The molecule has 170 valence electrons. The summed E-state index contributed by atoms with van der Waals surface area (Å²) in [6.07, 6.45) is 1.52. The van der Waals surface area contributed by atoms with Crippen molar-refractivity contribution >= 4 is 45.5 Å². The zero-order valence-electron chi connectivity index (χ0n) is 19.2. The summed E-state index contributed by atoms with van der Waals surface area (Å²) < 4.78 is 47.8. The van der Waals surface area contributed by atoms with Gasteiger partial charge in [0, 0.05) is 11.1 Å². The molecule has 2 atom stereocenters. The Hall–Kier alpha value is -2.06. The molecule has 32 heavy (non-hydrogen) atoms. The van der Waals surface area contributed by atoms with Gasteiger partial charge in [0.1, 0.15) is 22.1 Å². The minimum atomic E-state index is -0.783. The Labute approximate surface area is 195 Å². The normalized spacial score (nSPS) is 14.2. The largest absolute Gasteiger partial charge is 0.203 e. The molecule has 2 aromatic carbocycles. The third kappa shape index (κ3) is 3.92. The molecule has 4 aromatic rings. The molecule has 0 N–H and O–H groups in total. The van der Waals surface area contributed by atoms with Gasteiger partial charge in [0.15, 0.2) is 11.6 Å². The van der Waals surface area contributed by atoms with Crippen LogP contribution in [0.3, 0.4) is 0 Å². The third-order valence-corrected chi connectivity index (χ3v) is 7.45. The van der Waals surface area contributed by atoms with Gasteiger partial charge >= 0.3 is 0 Å². The van der Waals surface area contributed by atoms with Gasteiger partial charge in [-0.15, -0.1) is 0 Å². The molecule has 8 heteroatoms. The number of hydrogen-bond acceptors (Lipinski definition) is 6. The molecule has 0 aliphatic carbocycles. The molecular weight excluding hydrogens is 446 g/mol. The lowest BCUT2D eigenvalue weighted by molar-refractivity contribution is 0.473. The highest BCUT2D eigenvalue weighted by atomic mass is 32.1. The van der Waals surface area contributed by atoms with E-state index in [2.05, 4.69) is 50.4 Å². The van der Waals surface area contributed by atoms with Gasteiger partial charge in [-0.25, -0.2) is 8.78 Å². The highest BCUT2D eigenvalue weighted by Crippen LogP contribution is 2.39. The van der Waals surface area contributed by atoms with Crippen LogP contribution >= 0.6 is 23.5 Å². The number of fused-ring (bicyclic) bond motifs is 2. The Balaban J connectivity index is 1.61. The van der Waals surface area contributed by atoms with Crippen molar-refractivity contribution in [2.24, 2.45) is 0 Å². The summed E-state index contributed by atoms with van der Waals surface area (Å²) in [5.41, 5.74) is 5.98. The van der Waals surface area contributed by atoms with Crippen LogP contribution < -0.4 is 0 Å². The van der Waals surface area contributed by atoms with Gasteiger partial charge in [0.2, 0.25) is 0 Å². The van der Waals surface area contributed by atoms with E-state index in [0.29, 0.717) is 34.5 Å². The molecule has 2 heterocycles. The van der Waals surface area contributed by atoms with Crippen molar-refractivity contribution in [3.05, 3.63) is 46.0 Å². The van der Waals surface area contributed by atoms with Crippen LogP contribution in [0, 0.1) is 11.6 Å². The van der Waals surface area contributed by atoms with Crippen LogP contribution in [0.15, 0.2) is 12.1 Å². The fourth-order valence-electron chi connectivity index (χ4n) is 4.53. The molecule has 4 rings (SSSR count). The molecule has 0 aliphatic rings. The van der Waals surface area contributed by atoms with E-state index in [1.807, 2.05) is 20.8 Å². The number of halogens is 2. The first-order chi connectivity index (χ1) is 15.2. The lowest BCUT2D eigenvalue weighted by Crippen LogP contribution is -2.08. The summed E-state index contributed by atoms with van der Waals surface area (Å²) in [5, 5.41) is 0. The molecule has 0 spiro atoms. The van der Waals surface area contributed by atoms with Crippen LogP contribution in [0.1, 0.15) is 100 Å². The Bertz CT molecular complexity index is 1260. The molecule has 4 nitrogen and oxygen atoms in total. The number of benzene rings is 2. The average molecular weight is 475 g/mol. The minimum Gasteiger partial charge on any atom is -0.203 e. The van der Waals surface area contributed by atoms with E-state index in [1.54, 1.807) is 0 Å². The maximum atomic E-state index is 15.2. The molecule has 2 unspecified atom stereocenters. The van der Waals surface area contributed by atoms with Crippen molar-refractivity contribution in [1.29, 1.82) is 0 Å². The molecule has 2 aromatic heterocycles. The minimum absolute atomic E-state index is 0.164. The van der Waals surface area contributed by atoms with E-state index >= 15 is 4.39 Å². The van der Waals surface area contributed by atoms with Crippen LogP contribution in [0.25, 0.3) is 22.1 Å². The second-order valence-electron chi connectivity index (χ2n) is 9.31. The number of hydrogen-bond donors (Lipinski definition) is 0. The topological polar surface area (TPSA) is 51.6 Å². The maximum absolute atomic E-state index is 15.2. The van der Waals surface area contributed by atoms with Gasteiger partial charge in [-0.2, -0.15) is 17.5 Å². The third-order valence-electron chi connectivity index (χ3n) is 6.40. The van der Waals surface area contributed by atoms with E-state index in [4.69, 9.17) is 0 Å². The van der Waals surface area contributed by atoms with Gasteiger partial charge < -0.3 is 0 Å². The average Bonchev–Trinajstić information content (AvgIpc) is 3.41. The van der Waals surface area contributed by atoms with Crippen LogP contribution in [0.4, 0.5) is 8.78 Å². The van der Waals surface area contributed by atoms with Gasteiger partial charge in [-0.1, -0.05) is 53.7 Å². The monoisotopic (exact) mass is 474 g/mol. The van der Waals surface area contributed by atoms with E-state index in [-0.39, 0.29) is 17.8 Å². The van der Waals surface area contributed by atoms with Gasteiger partial charge in [0.05, 0.1) is 23.5 Å². The molecule has 0 saturated carbocycles. The Morgan fingerprint density at radius 1 is 0.625 bits per heavy atom. The van der Waals surface area contributed by atoms with Crippen LogP contribution in [-0.4, -0.2) is 17.5 Å². The summed E-state index contributed by atoms with van der Waals surface area (Å²) in [7, 11) is 0. The molecule has 0 amide bonds. The van der Waals surface area contributed by atoms with Crippen molar-refractivity contribution in [2.45, 2.75) is 78.1 Å². The molecule has 0 aliphatic heterocycles. The fourth-order valence-corrected chi connectivity index (χ4v) is 5.69. The molecule has 0 bridgehead atoms. The van der Waals surface area contributed by atoms with E-state index in [0.717, 1.165) is 34.7 Å². The van der Waals surface area contributed by atoms with Gasteiger partial charge in [-0.3, -0.25) is 0 Å². The van der Waals surface area contributed by atoms with E-state index in [9.17, 15) is 4.39 Å². The SMILES string of the molecule is CC(C)c1ccc(C(C)CCC(C)c2c(F)c(F)c(C(C)C)c3nsnc23)c2nsnc12. The Morgan fingerprint density at radius 2 is 1.09 bits per heavy atom. The summed E-state index contributed by atoms with van der Waals surface area (Å²) in [6.45, 7) is 12.1. The smallest absolute Gasteiger partial charge is 0.164 e. The summed E-state index contributed by atoms with van der Waals surface area (Å²) in [4.78, 5) is 0. The van der Waals surface area contributed by atoms with Crippen LogP contribution in [0.5, 0.6) is 0 Å². The van der Waals surface area contributed by atoms with Crippen molar-refractivity contribution in [2.75, 3.05) is 0 Å². The Morgan fingerprint density at radius 3 is 1.69 bits per heavy atom. The van der Waals surface area contributed by atoms with E-state index < -0.39 is 11.6 Å². The molecular formula is C24H28F2N4S2. The number of rotatable bonds is 7. The second-order valence-corrected chi connectivity index (χ2v) is 10.4. The lowest BCUT2D eigenvalue weighted by atomic mass is 9.86. The van der Waals surface area contributed by atoms with Crippen molar-refractivity contribution < 1.29 is 8.78 Å². The number of aromatic nitrogens is 4. The number of nitrogens with zero attached hydrogens (tertiary/aromatic N) is 4. The second kappa shape index (κ2) is 9.06. The highest BCUT2D eigenvalue weighted by molar-refractivity contribution is 7.00. The van der Waals surface area contributed by atoms with Crippen LogP contribution in [-0.2, 0) is 0 Å². The first-order valence-electron chi connectivity index (χ1n) is 11.1. The summed E-state index contributed by atoms with van der Waals surface area (Å²) in [6, 6.07) is 4.29. The van der Waals surface area contributed by atoms with Crippen molar-refractivity contribution in [3.8, 4) is 0 Å². The highest BCUT2D eigenvalue weighted by Gasteiger charge is 2.27. The Kier molecular flexibility index (Phi) is 6.54. The zero-order chi connectivity index (χ0) is 23.2. The standard InChI is InChI=1S/C24H28F2N4S2/c1-11(2)15-9-10-16(22-21(15)27-31-28-22)13(5)7-8-14(6)18-20(26)19(25)17(12(3)4)23-24(18)30-32-29-23/h9-14H,7-8H2,1-6H3. The molecule has 0 saturated heterocycles. The quantitative estimate of drug-likeness (QED) is 0.273. The van der Waals surface area contributed by atoms with Crippen LogP contribution in [0.2, 0.25) is 0 Å². The predicted molar refractivity (Wildman–Crippen MR) is 129 cm³/mol. The lowest BCUT2D eigenvalue weighted by Gasteiger charge is -2.19. The van der Waals surface area contributed by atoms with E-state index in [1.165, 1.54) is 17.3 Å². The fraction of sp³-hybridized carbons (Fsp3) is 0.500. The first kappa shape index (κ1) is 23.1.